The van der Waals surface area contributed by atoms with Crippen LogP contribution in [0.2, 0.25) is 0 Å². The van der Waals surface area contributed by atoms with Crippen LogP contribution < -0.4 is 10.5 Å². The average Bonchev–Trinajstić information content (AvgIpc) is 3.05. The molecule has 8 heteroatoms. The summed E-state index contributed by atoms with van der Waals surface area (Å²) < 4.78 is 21.8. The van der Waals surface area contributed by atoms with Crippen molar-refractivity contribution in [3.63, 3.8) is 0 Å². The molecule has 1 spiro atoms. The van der Waals surface area contributed by atoms with Gasteiger partial charge in [-0.25, -0.2) is 9.37 Å². The highest BCUT2D eigenvalue weighted by Crippen LogP contribution is 2.49. The van der Waals surface area contributed by atoms with Gasteiger partial charge in [0.2, 0.25) is 0 Å². The maximum Gasteiger partial charge on any atom is 0.169 e. The molecule has 2 bridgehead atoms. The van der Waals surface area contributed by atoms with E-state index in [1.165, 1.54) is 22.9 Å². The molecule has 7 nitrogen and oxygen atoms in total. The molecule has 0 saturated heterocycles. The third kappa shape index (κ3) is 2.96. The summed E-state index contributed by atoms with van der Waals surface area (Å²) >= 11 is 0. The van der Waals surface area contributed by atoms with Gasteiger partial charge in [0.25, 0.3) is 0 Å². The number of carbonyl (C=O) groups excluding carboxylic acids is 1. The second-order valence-electron chi connectivity index (χ2n) is 8.64. The third-order valence-corrected chi connectivity index (χ3v) is 6.69. The Bertz CT molecular complexity index is 1300. The van der Waals surface area contributed by atoms with Crippen LogP contribution in [0.1, 0.15) is 59.6 Å². The van der Waals surface area contributed by atoms with Crippen molar-refractivity contribution >= 4 is 11.6 Å². The molecule has 2 aliphatic rings. The lowest BCUT2D eigenvalue weighted by Gasteiger charge is -2.41. The maximum absolute atomic E-state index is 14.2. The number of pyridine rings is 1. The van der Waals surface area contributed by atoms with Crippen LogP contribution in [0.4, 0.5) is 10.2 Å². The first kappa shape index (κ1) is 20.2. The van der Waals surface area contributed by atoms with E-state index in [4.69, 9.17) is 10.5 Å². The van der Waals surface area contributed by atoms with Gasteiger partial charge in [0.1, 0.15) is 23.7 Å². The number of nitrogen functional groups attached to an aromatic ring is 1. The van der Waals surface area contributed by atoms with Crippen molar-refractivity contribution in [1.29, 1.82) is 5.26 Å². The predicted octanol–water partition coefficient (Wildman–Crippen LogP) is 4.12. The Hall–Kier alpha value is -3.73. The third-order valence-electron chi connectivity index (χ3n) is 6.69. The van der Waals surface area contributed by atoms with Gasteiger partial charge in [0, 0.05) is 47.3 Å². The van der Waals surface area contributed by atoms with E-state index in [2.05, 4.69) is 16.2 Å². The summed E-state index contributed by atoms with van der Waals surface area (Å²) in [6.45, 7) is 1.76. The lowest BCUT2D eigenvalue weighted by molar-refractivity contribution is 0.0602. The van der Waals surface area contributed by atoms with Crippen LogP contribution in [-0.2, 0) is 13.5 Å². The van der Waals surface area contributed by atoms with Gasteiger partial charge in [-0.3, -0.25) is 9.48 Å². The molecule has 5 rings (SSSR count). The number of aryl methyl sites for hydroxylation is 1. The number of ether oxygens (including phenoxy) is 1. The van der Waals surface area contributed by atoms with E-state index in [0.29, 0.717) is 58.7 Å². The van der Waals surface area contributed by atoms with Crippen LogP contribution in [0.15, 0.2) is 30.5 Å². The number of halogens is 1. The van der Waals surface area contributed by atoms with Crippen molar-refractivity contribution in [3.8, 4) is 22.9 Å². The first-order chi connectivity index (χ1) is 15.3. The molecule has 0 amide bonds. The van der Waals surface area contributed by atoms with Gasteiger partial charge in [-0.1, -0.05) is 6.42 Å². The zero-order chi connectivity index (χ0) is 22.6. The number of aromatic nitrogens is 3. The number of benzene rings is 1. The lowest BCUT2D eigenvalue weighted by atomic mass is 9.61. The van der Waals surface area contributed by atoms with Crippen LogP contribution >= 0.6 is 0 Å². The molecule has 1 unspecified atom stereocenters. The van der Waals surface area contributed by atoms with Gasteiger partial charge in [-0.05, 0) is 44.0 Å². The zero-order valence-corrected chi connectivity index (χ0v) is 17.9. The monoisotopic (exact) mass is 431 g/mol. The lowest BCUT2D eigenvalue weighted by Crippen LogP contribution is -2.41. The number of nitrogens with zero attached hydrogens (tertiary/aromatic N) is 4. The minimum atomic E-state index is -0.647. The van der Waals surface area contributed by atoms with Crippen LogP contribution in [0.5, 0.6) is 5.75 Å². The molecule has 3 heterocycles. The Morgan fingerprint density at radius 3 is 2.81 bits per heavy atom. The Morgan fingerprint density at radius 2 is 2.12 bits per heavy atom. The highest BCUT2D eigenvalue weighted by Gasteiger charge is 2.46. The average molecular weight is 431 g/mol. The first-order valence-corrected chi connectivity index (χ1v) is 10.6. The SMILES string of the molecule is CC1Oc2cc(cnc2N)-c2c(nn(C)c2C#N)CC2(CCC2)C(=O)c2ccc(F)cc21. The number of hydrogen-bond donors (Lipinski definition) is 1. The number of fused-ring (bicyclic) bond motifs is 5. The molecular weight excluding hydrogens is 409 g/mol. The highest BCUT2D eigenvalue weighted by atomic mass is 19.1. The van der Waals surface area contributed by atoms with Crippen LogP contribution in [-0.4, -0.2) is 20.5 Å². The largest absolute Gasteiger partial charge is 0.482 e. The Kier molecular flexibility index (Phi) is 4.52. The van der Waals surface area contributed by atoms with Crippen molar-refractivity contribution in [3.05, 3.63) is 58.8 Å². The fourth-order valence-electron chi connectivity index (χ4n) is 4.85. The summed E-state index contributed by atoms with van der Waals surface area (Å²) in [6.07, 6.45) is 3.69. The van der Waals surface area contributed by atoms with Crippen molar-refractivity contribution in [1.82, 2.24) is 14.8 Å². The first-order valence-electron chi connectivity index (χ1n) is 10.6. The van der Waals surface area contributed by atoms with Crippen molar-refractivity contribution in [2.45, 2.75) is 38.7 Å². The summed E-state index contributed by atoms with van der Waals surface area (Å²) in [4.78, 5) is 18.1. The molecule has 32 heavy (non-hydrogen) atoms. The number of anilines is 1. The van der Waals surface area contributed by atoms with Gasteiger partial charge < -0.3 is 10.5 Å². The molecule has 3 aromatic rings. The number of carbonyl (C=O) groups is 1. The van der Waals surface area contributed by atoms with Crippen LogP contribution in [0.3, 0.4) is 0 Å². The quantitative estimate of drug-likeness (QED) is 0.574. The number of nitrogens with two attached hydrogens (primary N) is 1. The molecule has 1 saturated carbocycles. The van der Waals surface area contributed by atoms with Crippen LogP contribution in [0, 0.1) is 22.6 Å². The normalized spacial score (nSPS) is 18.9. The second-order valence-corrected chi connectivity index (χ2v) is 8.64. The minimum Gasteiger partial charge on any atom is -0.482 e. The summed E-state index contributed by atoms with van der Waals surface area (Å²) in [5.74, 6) is -0.0106. The molecule has 1 aromatic carbocycles. The summed E-state index contributed by atoms with van der Waals surface area (Å²) in [7, 11) is 1.71. The molecule has 162 valence electrons. The zero-order valence-electron chi connectivity index (χ0n) is 17.9. The van der Waals surface area contributed by atoms with Gasteiger partial charge in [-0.15, -0.1) is 0 Å². The fourth-order valence-corrected chi connectivity index (χ4v) is 4.85. The predicted molar refractivity (Wildman–Crippen MR) is 115 cm³/mol. The molecule has 2 aromatic heterocycles. The van der Waals surface area contributed by atoms with Crippen molar-refractivity contribution in [2.24, 2.45) is 12.5 Å². The van der Waals surface area contributed by atoms with Crippen LogP contribution in [0.25, 0.3) is 11.1 Å². The number of Topliss-reactive ketones (excluding diaryl/α,β-unsaturated/α-hetero) is 1. The number of ketones is 1. The Morgan fingerprint density at radius 1 is 1.34 bits per heavy atom. The fraction of sp³-hybridized carbons (Fsp3) is 0.333. The summed E-state index contributed by atoms with van der Waals surface area (Å²) in [5, 5.41) is 14.4. The standard InChI is InChI=1S/C24H22FN5O2/c1-13-17-9-15(25)4-5-16(17)22(31)24(6-3-7-24)10-18-21(19(11-26)30(2)29-18)14-8-20(32-13)23(27)28-12-14/h4-5,8-9,12-13H,3,6-7,10H2,1-2H3,(H2,27,28). The topological polar surface area (TPSA) is 107 Å². The van der Waals surface area contributed by atoms with E-state index in [1.807, 2.05) is 0 Å². The van der Waals surface area contributed by atoms with Gasteiger partial charge in [0.05, 0.1) is 5.69 Å². The highest BCUT2D eigenvalue weighted by molar-refractivity contribution is 6.02. The minimum absolute atomic E-state index is 0.0420. The molecule has 1 aliphatic carbocycles. The van der Waals surface area contributed by atoms with Gasteiger partial charge in [0.15, 0.2) is 17.4 Å². The summed E-state index contributed by atoms with van der Waals surface area (Å²) in [6, 6.07) is 8.14. The van der Waals surface area contributed by atoms with Gasteiger partial charge in [-0.2, -0.15) is 10.4 Å². The summed E-state index contributed by atoms with van der Waals surface area (Å²) in [5.41, 5.74) is 8.65. The van der Waals surface area contributed by atoms with E-state index < -0.39 is 17.3 Å². The molecule has 1 atom stereocenters. The number of rotatable bonds is 0. The second kappa shape index (κ2) is 7.16. The Labute approximate surface area is 184 Å². The van der Waals surface area contributed by atoms with Crippen molar-refractivity contribution in [2.75, 3.05) is 5.73 Å². The van der Waals surface area contributed by atoms with E-state index in [0.717, 1.165) is 6.42 Å². The molecule has 0 radical (unpaired) electrons. The number of hydrogen-bond acceptors (Lipinski definition) is 6. The molecule has 2 N–H and O–H groups in total. The van der Waals surface area contributed by atoms with Gasteiger partial charge >= 0.3 is 0 Å². The van der Waals surface area contributed by atoms with E-state index in [1.54, 1.807) is 26.2 Å². The number of nitriles is 1. The molecule has 1 fully saturated rings. The molecule has 1 aliphatic heterocycles. The molecular formula is C24H22FN5O2. The van der Waals surface area contributed by atoms with E-state index in [-0.39, 0.29) is 11.6 Å². The van der Waals surface area contributed by atoms with E-state index >= 15 is 0 Å². The van der Waals surface area contributed by atoms with E-state index in [9.17, 15) is 14.4 Å². The van der Waals surface area contributed by atoms with Crippen molar-refractivity contribution < 1.29 is 13.9 Å². The Balaban J connectivity index is 1.79. The smallest absolute Gasteiger partial charge is 0.169 e. The maximum atomic E-state index is 14.2.